The molecule has 0 aliphatic carbocycles. The average Bonchev–Trinajstić information content (AvgIpc) is 2.78. The molecule has 0 radical (unpaired) electrons. The van der Waals surface area contributed by atoms with Crippen LogP contribution in [0.2, 0.25) is 0 Å². The average molecular weight is 277 g/mol. The first-order valence-corrected chi connectivity index (χ1v) is 6.73. The number of nitrogens with zero attached hydrogens (tertiary/aromatic N) is 1. The number of carbonyl (C=O) groups excluding carboxylic acids is 1. The van der Waals surface area contributed by atoms with Crippen molar-refractivity contribution in [3.8, 4) is 0 Å². The molecule has 1 amide bonds. The van der Waals surface area contributed by atoms with Gasteiger partial charge in [-0.3, -0.25) is 9.59 Å². The maximum Gasteiger partial charge on any atom is 0.304 e. The van der Waals surface area contributed by atoms with Crippen LogP contribution in [0.1, 0.15) is 30.7 Å². The number of benzene rings is 1. The maximum atomic E-state index is 12.2. The lowest BCUT2D eigenvalue weighted by Crippen LogP contribution is -2.30. The van der Waals surface area contributed by atoms with Gasteiger partial charge in [0.15, 0.2) is 0 Å². The summed E-state index contributed by atoms with van der Waals surface area (Å²) in [6.45, 7) is 1.01. The third-order valence-corrected chi connectivity index (χ3v) is 3.53. The summed E-state index contributed by atoms with van der Waals surface area (Å²) in [5.41, 5.74) is 1.80. The summed E-state index contributed by atoms with van der Waals surface area (Å²) in [5.74, 6) is -0.920. The van der Waals surface area contributed by atoms with Gasteiger partial charge in [0.1, 0.15) is 0 Å². The molecule has 0 saturated carbocycles. The van der Waals surface area contributed by atoms with Crippen LogP contribution in [0.5, 0.6) is 0 Å². The van der Waals surface area contributed by atoms with E-state index in [1.807, 2.05) is 24.3 Å². The molecule has 2 rings (SSSR count). The highest BCUT2D eigenvalue weighted by molar-refractivity contribution is 5.96. The van der Waals surface area contributed by atoms with E-state index in [1.54, 1.807) is 12.0 Å². The Morgan fingerprint density at radius 3 is 2.85 bits per heavy atom. The first-order valence-electron chi connectivity index (χ1n) is 6.73. The number of aliphatic carboxylic acids is 1. The number of amides is 1. The van der Waals surface area contributed by atoms with Crippen molar-refractivity contribution in [3.05, 3.63) is 29.8 Å². The zero-order chi connectivity index (χ0) is 14.5. The van der Waals surface area contributed by atoms with Gasteiger partial charge in [0.2, 0.25) is 5.91 Å². The Balaban J connectivity index is 2.12. The number of ether oxygens (including phenoxy) is 1. The van der Waals surface area contributed by atoms with Gasteiger partial charge in [-0.1, -0.05) is 18.2 Å². The van der Waals surface area contributed by atoms with E-state index in [-0.39, 0.29) is 18.2 Å². The monoisotopic (exact) mass is 277 g/mol. The number of rotatable bonds is 6. The molecule has 5 heteroatoms. The summed E-state index contributed by atoms with van der Waals surface area (Å²) < 4.78 is 4.95. The lowest BCUT2D eigenvalue weighted by atomic mass is 9.98. The molecule has 0 saturated heterocycles. The fraction of sp³-hybridized carbons (Fsp3) is 0.467. The molecule has 0 aromatic heterocycles. The standard InChI is InChI=1S/C15H19NO4/c1-20-8-4-7-14(17)16-10-11(9-15(18)19)12-5-2-3-6-13(12)16/h2-3,5-6,11H,4,7-10H2,1H3,(H,18,19). The number of carboxylic acids is 1. The number of para-hydroxylation sites is 1. The topological polar surface area (TPSA) is 66.8 Å². The van der Waals surface area contributed by atoms with E-state index in [0.29, 0.717) is 26.0 Å². The van der Waals surface area contributed by atoms with Crippen molar-refractivity contribution in [1.29, 1.82) is 0 Å². The minimum atomic E-state index is -0.835. The number of fused-ring (bicyclic) bond motifs is 1. The van der Waals surface area contributed by atoms with Gasteiger partial charge < -0.3 is 14.7 Å². The predicted molar refractivity (Wildman–Crippen MR) is 74.9 cm³/mol. The van der Waals surface area contributed by atoms with Crippen LogP contribution in [0.4, 0.5) is 5.69 Å². The van der Waals surface area contributed by atoms with Crippen LogP contribution in [0, 0.1) is 0 Å². The van der Waals surface area contributed by atoms with E-state index in [2.05, 4.69) is 0 Å². The van der Waals surface area contributed by atoms with Gasteiger partial charge in [0.05, 0.1) is 6.42 Å². The summed E-state index contributed by atoms with van der Waals surface area (Å²) in [6.07, 6.45) is 1.15. The number of anilines is 1. The predicted octanol–water partition coefficient (Wildman–Crippen LogP) is 2.02. The molecule has 20 heavy (non-hydrogen) atoms. The van der Waals surface area contributed by atoms with Gasteiger partial charge in [-0.05, 0) is 18.1 Å². The van der Waals surface area contributed by atoms with Crippen LogP contribution in [-0.2, 0) is 14.3 Å². The Morgan fingerprint density at radius 1 is 1.40 bits per heavy atom. The summed E-state index contributed by atoms with van der Waals surface area (Å²) in [7, 11) is 1.61. The van der Waals surface area contributed by atoms with Gasteiger partial charge in [0.25, 0.3) is 0 Å². The molecule has 1 aromatic rings. The number of carboxylic acid groups (broad SMARTS) is 1. The highest BCUT2D eigenvalue weighted by Crippen LogP contribution is 2.38. The zero-order valence-electron chi connectivity index (χ0n) is 11.5. The molecule has 108 valence electrons. The SMILES string of the molecule is COCCCC(=O)N1CC(CC(=O)O)c2ccccc21. The van der Waals surface area contributed by atoms with Gasteiger partial charge in [-0.25, -0.2) is 0 Å². The number of carbonyl (C=O) groups is 2. The Labute approximate surface area is 118 Å². The molecule has 1 N–H and O–H groups in total. The summed E-state index contributed by atoms with van der Waals surface area (Å²) >= 11 is 0. The quantitative estimate of drug-likeness (QED) is 0.808. The fourth-order valence-electron chi connectivity index (χ4n) is 2.62. The van der Waals surface area contributed by atoms with Crippen molar-refractivity contribution in [2.45, 2.75) is 25.2 Å². The molecule has 0 spiro atoms. The second-order valence-electron chi connectivity index (χ2n) is 4.95. The second kappa shape index (κ2) is 6.52. The summed E-state index contributed by atoms with van der Waals surface area (Å²) in [4.78, 5) is 24.9. The molecular formula is C15H19NO4. The van der Waals surface area contributed by atoms with Crippen LogP contribution in [-0.4, -0.2) is 37.2 Å². The minimum Gasteiger partial charge on any atom is -0.481 e. The molecule has 1 aliphatic rings. The van der Waals surface area contributed by atoms with Crippen molar-refractivity contribution in [1.82, 2.24) is 0 Å². The van der Waals surface area contributed by atoms with Crippen molar-refractivity contribution in [2.24, 2.45) is 0 Å². The molecular weight excluding hydrogens is 258 g/mol. The van der Waals surface area contributed by atoms with E-state index in [1.165, 1.54) is 0 Å². The van der Waals surface area contributed by atoms with Crippen molar-refractivity contribution >= 4 is 17.6 Å². The van der Waals surface area contributed by atoms with E-state index < -0.39 is 5.97 Å². The molecule has 1 aromatic carbocycles. The normalized spacial score (nSPS) is 17.1. The van der Waals surface area contributed by atoms with Gasteiger partial charge in [-0.2, -0.15) is 0 Å². The third-order valence-electron chi connectivity index (χ3n) is 3.53. The van der Waals surface area contributed by atoms with Crippen LogP contribution in [0.3, 0.4) is 0 Å². The van der Waals surface area contributed by atoms with Crippen molar-refractivity contribution in [2.75, 3.05) is 25.2 Å². The molecule has 1 unspecified atom stereocenters. The highest BCUT2D eigenvalue weighted by atomic mass is 16.5. The Bertz CT molecular complexity index is 500. The lowest BCUT2D eigenvalue weighted by Gasteiger charge is -2.17. The number of hydrogen-bond acceptors (Lipinski definition) is 3. The fourth-order valence-corrected chi connectivity index (χ4v) is 2.62. The molecule has 1 heterocycles. The minimum absolute atomic E-state index is 0.0300. The smallest absolute Gasteiger partial charge is 0.304 e. The molecule has 1 aliphatic heterocycles. The van der Waals surface area contributed by atoms with E-state index in [9.17, 15) is 9.59 Å². The first kappa shape index (κ1) is 14.5. The van der Waals surface area contributed by atoms with Crippen LogP contribution in [0.25, 0.3) is 0 Å². The van der Waals surface area contributed by atoms with Gasteiger partial charge in [-0.15, -0.1) is 0 Å². The number of hydrogen-bond donors (Lipinski definition) is 1. The van der Waals surface area contributed by atoms with E-state index in [0.717, 1.165) is 11.3 Å². The van der Waals surface area contributed by atoms with Crippen LogP contribution >= 0.6 is 0 Å². The van der Waals surface area contributed by atoms with Crippen LogP contribution < -0.4 is 4.90 Å². The van der Waals surface area contributed by atoms with Gasteiger partial charge >= 0.3 is 5.97 Å². The highest BCUT2D eigenvalue weighted by Gasteiger charge is 2.32. The Kier molecular flexibility index (Phi) is 4.74. The maximum absolute atomic E-state index is 12.2. The third kappa shape index (κ3) is 3.17. The first-order chi connectivity index (χ1) is 9.63. The zero-order valence-corrected chi connectivity index (χ0v) is 11.5. The summed E-state index contributed by atoms with van der Waals surface area (Å²) in [6, 6.07) is 7.54. The second-order valence-corrected chi connectivity index (χ2v) is 4.95. The van der Waals surface area contributed by atoms with Crippen molar-refractivity contribution in [3.63, 3.8) is 0 Å². The van der Waals surface area contributed by atoms with E-state index >= 15 is 0 Å². The molecule has 0 bridgehead atoms. The van der Waals surface area contributed by atoms with Crippen molar-refractivity contribution < 1.29 is 19.4 Å². The summed E-state index contributed by atoms with van der Waals surface area (Å²) in [5, 5.41) is 8.98. The van der Waals surface area contributed by atoms with Crippen LogP contribution in [0.15, 0.2) is 24.3 Å². The molecule has 0 fully saturated rings. The molecule has 1 atom stereocenters. The number of methoxy groups -OCH3 is 1. The largest absolute Gasteiger partial charge is 0.481 e. The Morgan fingerprint density at radius 2 is 2.15 bits per heavy atom. The van der Waals surface area contributed by atoms with E-state index in [4.69, 9.17) is 9.84 Å². The Hall–Kier alpha value is -1.88. The van der Waals surface area contributed by atoms with Gasteiger partial charge in [0, 0.05) is 38.3 Å². The lowest BCUT2D eigenvalue weighted by molar-refractivity contribution is -0.137. The molecule has 5 nitrogen and oxygen atoms in total.